The van der Waals surface area contributed by atoms with Crippen molar-refractivity contribution in [1.29, 1.82) is 0 Å². The van der Waals surface area contributed by atoms with Gasteiger partial charge in [-0.05, 0) is 31.2 Å². The van der Waals surface area contributed by atoms with Crippen molar-refractivity contribution in [3.8, 4) is 5.75 Å². The number of nitrogens with two attached hydrogens (primary N) is 1. The lowest BCUT2D eigenvalue weighted by atomic mass is 10.1. The number of benzene rings is 2. The van der Waals surface area contributed by atoms with Gasteiger partial charge in [0.1, 0.15) is 11.9 Å². The summed E-state index contributed by atoms with van der Waals surface area (Å²) < 4.78 is 6.63. The zero-order valence-corrected chi connectivity index (χ0v) is 12.6. The van der Waals surface area contributed by atoms with E-state index in [-0.39, 0.29) is 11.7 Å². The van der Waals surface area contributed by atoms with Crippen molar-refractivity contribution in [1.82, 2.24) is 4.98 Å². The fraction of sp³-hybridized carbons (Fsp3) is 0.125. The van der Waals surface area contributed by atoms with Gasteiger partial charge in [-0.15, -0.1) is 0 Å². The van der Waals surface area contributed by atoms with Gasteiger partial charge in [0.2, 0.25) is 0 Å². The molecule has 0 aliphatic carbocycles. The maximum atomic E-state index is 11.3. The fourth-order valence-electron chi connectivity index (χ4n) is 2.27. The van der Waals surface area contributed by atoms with Crippen LogP contribution in [-0.4, -0.2) is 16.1 Å². The summed E-state index contributed by atoms with van der Waals surface area (Å²) in [4.78, 5) is 15.6. The van der Waals surface area contributed by atoms with Crippen LogP contribution < -0.4 is 10.5 Å². The standard InChI is InChI=1S/C16H14N2O3S/c1-9(21-11-5-3-2-4-6-11)12-7-10(15(19)20)8-13-14(12)18-16(17)22-13/h2-9H,1H3,(H2,17,18)(H,19,20). The largest absolute Gasteiger partial charge is 0.486 e. The summed E-state index contributed by atoms with van der Waals surface area (Å²) in [6, 6.07) is 12.6. The Labute approximate surface area is 131 Å². The highest BCUT2D eigenvalue weighted by Gasteiger charge is 2.18. The molecule has 0 aliphatic heterocycles. The second-order valence-corrected chi connectivity index (χ2v) is 5.90. The zero-order chi connectivity index (χ0) is 15.7. The molecule has 0 bridgehead atoms. The van der Waals surface area contributed by atoms with Gasteiger partial charge in [0.15, 0.2) is 5.13 Å². The molecule has 1 unspecified atom stereocenters. The predicted molar refractivity (Wildman–Crippen MR) is 86.5 cm³/mol. The summed E-state index contributed by atoms with van der Waals surface area (Å²) >= 11 is 1.27. The molecule has 1 aromatic heterocycles. The third kappa shape index (κ3) is 2.73. The first-order valence-corrected chi connectivity index (χ1v) is 7.51. The average molecular weight is 314 g/mol. The van der Waals surface area contributed by atoms with Crippen molar-refractivity contribution in [3.05, 3.63) is 53.6 Å². The Morgan fingerprint density at radius 2 is 2.05 bits per heavy atom. The molecule has 0 fully saturated rings. The molecule has 6 heteroatoms. The monoisotopic (exact) mass is 314 g/mol. The topological polar surface area (TPSA) is 85.4 Å². The lowest BCUT2D eigenvalue weighted by molar-refractivity contribution is 0.0697. The minimum absolute atomic E-state index is 0.203. The quantitative estimate of drug-likeness (QED) is 0.766. The molecule has 22 heavy (non-hydrogen) atoms. The number of carboxylic acids is 1. The van der Waals surface area contributed by atoms with Crippen molar-refractivity contribution < 1.29 is 14.6 Å². The molecular weight excluding hydrogens is 300 g/mol. The van der Waals surface area contributed by atoms with Gasteiger partial charge in [-0.3, -0.25) is 0 Å². The summed E-state index contributed by atoms with van der Waals surface area (Å²) in [7, 11) is 0. The number of thiazole rings is 1. The first-order chi connectivity index (χ1) is 10.5. The second kappa shape index (κ2) is 5.65. The second-order valence-electron chi connectivity index (χ2n) is 4.84. The van der Waals surface area contributed by atoms with Crippen LogP contribution in [0, 0.1) is 0 Å². The third-order valence-corrected chi connectivity index (χ3v) is 4.11. The van der Waals surface area contributed by atoms with E-state index in [4.69, 9.17) is 10.5 Å². The Kier molecular flexibility index (Phi) is 3.68. The molecule has 1 heterocycles. The minimum atomic E-state index is -0.984. The van der Waals surface area contributed by atoms with E-state index in [1.807, 2.05) is 37.3 Å². The molecule has 3 N–H and O–H groups in total. The van der Waals surface area contributed by atoms with Crippen LogP contribution >= 0.6 is 11.3 Å². The van der Waals surface area contributed by atoms with E-state index in [1.54, 1.807) is 12.1 Å². The number of ether oxygens (including phenoxy) is 1. The summed E-state index contributed by atoms with van der Waals surface area (Å²) in [6.45, 7) is 1.86. The molecule has 0 spiro atoms. The van der Waals surface area contributed by atoms with E-state index in [9.17, 15) is 9.90 Å². The molecule has 5 nitrogen and oxygen atoms in total. The normalized spacial score (nSPS) is 12.2. The molecule has 0 amide bonds. The van der Waals surface area contributed by atoms with Crippen molar-refractivity contribution >= 4 is 32.7 Å². The van der Waals surface area contributed by atoms with Crippen molar-refractivity contribution in [2.24, 2.45) is 0 Å². The number of aromatic carboxylic acids is 1. The van der Waals surface area contributed by atoms with Gasteiger partial charge in [-0.1, -0.05) is 29.5 Å². The van der Waals surface area contributed by atoms with Gasteiger partial charge in [-0.25, -0.2) is 9.78 Å². The van der Waals surface area contributed by atoms with Crippen LogP contribution in [0.3, 0.4) is 0 Å². The Bertz CT molecular complexity index is 830. The lowest BCUT2D eigenvalue weighted by Crippen LogP contribution is -2.06. The highest BCUT2D eigenvalue weighted by atomic mass is 32.1. The van der Waals surface area contributed by atoms with E-state index in [1.165, 1.54) is 11.3 Å². The number of carboxylic acid groups (broad SMARTS) is 1. The lowest BCUT2D eigenvalue weighted by Gasteiger charge is -2.16. The van der Waals surface area contributed by atoms with Gasteiger partial charge in [0.05, 0.1) is 15.8 Å². The van der Waals surface area contributed by atoms with Crippen molar-refractivity contribution in [3.63, 3.8) is 0 Å². The SMILES string of the molecule is CC(Oc1ccccc1)c1cc(C(=O)O)cc2sc(N)nc12. The van der Waals surface area contributed by atoms with Crippen LogP contribution in [0.4, 0.5) is 5.13 Å². The summed E-state index contributed by atoms with van der Waals surface area (Å²) in [5.74, 6) is -0.269. The molecule has 2 aromatic carbocycles. The highest BCUT2D eigenvalue weighted by Crippen LogP contribution is 2.33. The smallest absolute Gasteiger partial charge is 0.335 e. The molecular formula is C16H14N2O3S. The third-order valence-electron chi connectivity index (χ3n) is 3.28. The number of para-hydroxylation sites is 1. The highest BCUT2D eigenvalue weighted by molar-refractivity contribution is 7.22. The Balaban J connectivity index is 2.06. The van der Waals surface area contributed by atoms with Crippen LogP contribution in [0.5, 0.6) is 5.75 Å². The number of hydrogen-bond donors (Lipinski definition) is 2. The molecule has 0 aliphatic rings. The van der Waals surface area contributed by atoms with E-state index >= 15 is 0 Å². The van der Waals surface area contributed by atoms with Gasteiger partial charge in [-0.2, -0.15) is 0 Å². The molecule has 3 aromatic rings. The van der Waals surface area contributed by atoms with E-state index in [0.29, 0.717) is 22.0 Å². The van der Waals surface area contributed by atoms with Gasteiger partial charge < -0.3 is 15.6 Å². The number of fused-ring (bicyclic) bond motifs is 1. The number of carbonyl (C=O) groups is 1. The van der Waals surface area contributed by atoms with Crippen molar-refractivity contribution in [2.75, 3.05) is 5.73 Å². The average Bonchev–Trinajstić information content (AvgIpc) is 2.87. The Hall–Kier alpha value is -2.60. The molecule has 3 rings (SSSR count). The molecule has 0 saturated carbocycles. The maximum absolute atomic E-state index is 11.3. The number of rotatable bonds is 4. The number of nitrogens with zero attached hydrogens (tertiary/aromatic N) is 1. The van der Waals surface area contributed by atoms with E-state index in [2.05, 4.69) is 4.98 Å². The molecule has 0 radical (unpaired) electrons. The van der Waals surface area contributed by atoms with Crippen molar-refractivity contribution in [2.45, 2.75) is 13.0 Å². The number of aromatic nitrogens is 1. The number of anilines is 1. The van der Waals surface area contributed by atoms with Gasteiger partial charge in [0.25, 0.3) is 0 Å². The molecule has 1 atom stereocenters. The van der Waals surface area contributed by atoms with E-state index < -0.39 is 5.97 Å². The molecule has 0 saturated heterocycles. The summed E-state index contributed by atoms with van der Waals surface area (Å²) in [5, 5.41) is 9.67. The van der Waals surface area contributed by atoms with Crippen LogP contribution in [0.25, 0.3) is 10.2 Å². The number of nitrogen functional groups attached to an aromatic ring is 1. The Morgan fingerprint density at radius 1 is 1.32 bits per heavy atom. The first-order valence-electron chi connectivity index (χ1n) is 6.69. The van der Waals surface area contributed by atoms with Crippen LogP contribution in [0.1, 0.15) is 28.9 Å². The minimum Gasteiger partial charge on any atom is -0.486 e. The first kappa shape index (κ1) is 14.3. The zero-order valence-electron chi connectivity index (χ0n) is 11.8. The maximum Gasteiger partial charge on any atom is 0.335 e. The van der Waals surface area contributed by atoms with Gasteiger partial charge >= 0.3 is 5.97 Å². The van der Waals surface area contributed by atoms with E-state index in [0.717, 1.165) is 4.70 Å². The van der Waals surface area contributed by atoms with Gasteiger partial charge in [0, 0.05) is 5.56 Å². The molecule has 112 valence electrons. The fourth-order valence-corrected chi connectivity index (χ4v) is 3.08. The van der Waals surface area contributed by atoms with Crippen LogP contribution in [-0.2, 0) is 0 Å². The number of hydrogen-bond acceptors (Lipinski definition) is 5. The Morgan fingerprint density at radius 3 is 2.73 bits per heavy atom. The predicted octanol–water partition coefficient (Wildman–Crippen LogP) is 3.72. The van der Waals surface area contributed by atoms with Crippen LogP contribution in [0.15, 0.2) is 42.5 Å². The summed E-state index contributed by atoms with van der Waals surface area (Å²) in [5.41, 5.74) is 7.37. The van der Waals surface area contributed by atoms with Crippen LogP contribution in [0.2, 0.25) is 0 Å². The summed E-state index contributed by atoms with van der Waals surface area (Å²) in [6.07, 6.45) is -0.342.